The van der Waals surface area contributed by atoms with Crippen LogP contribution in [0, 0.1) is 11.7 Å². The Morgan fingerprint density at radius 1 is 1.02 bits per heavy atom. The number of hydrogen-bond donors (Lipinski definition) is 3. The van der Waals surface area contributed by atoms with Crippen LogP contribution in [0.15, 0.2) is 48.7 Å². The monoisotopic (exact) mass is 583 g/mol. The smallest absolute Gasteiger partial charge is 0.475 e. The second-order valence-corrected chi connectivity index (χ2v) is 8.35. The predicted molar refractivity (Wildman–Crippen MR) is 129 cm³/mol. The van der Waals surface area contributed by atoms with Crippen LogP contribution in [-0.2, 0) is 22.7 Å². The van der Waals surface area contributed by atoms with E-state index in [2.05, 4.69) is 27.4 Å². The average molecular weight is 584 g/mol. The number of nitrogens with two attached hydrogens (primary N) is 1. The lowest BCUT2D eigenvalue weighted by molar-refractivity contribution is -0.193. The fraction of sp³-hybridized carbons (Fsp3) is 0.417. The van der Waals surface area contributed by atoms with Crippen molar-refractivity contribution in [2.45, 2.75) is 38.3 Å². The zero-order valence-corrected chi connectivity index (χ0v) is 20.9. The number of piperidine rings is 1. The predicted octanol–water partition coefficient (Wildman–Crippen LogP) is 4.12. The van der Waals surface area contributed by atoms with E-state index in [-0.39, 0.29) is 5.82 Å². The number of allylic oxidation sites excluding steroid dienone is 2. The van der Waals surface area contributed by atoms with Crippen LogP contribution >= 0.6 is 0 Å². The number of aliphatic carboxylic acids is 2. The van der Waals surface area contributed by atoms with Crippen LogP contribution in [0.3, 0.4) is 0 Å². The van der Waals surface area contributed by atoms with Crippen LogP contribution in [0.5, 0.6) is 0 Å². The van der Waals surface area contributed by atoms with Crippen molar-refractivity contribution in [2.75, 3.05) is 19.6 Å². The molecule has 0 saturated carbocycles. The van der Waals surface area contributed by atoms with E-state index >= 15 is 0 Å². The highest BCUT2D eigenvalue weighted by Crippen LogP contribution is 2.18. The summed E-state index contributed by atoms with van der Waals surface area (Å²) >= 11 is 0. The molecule has 1 aromatic heterocycles. The summed E-state index contributed by atoms with van der Waals surface area (Å²) in [6, 6.07) is 6.50. The molecule has 222 valence electrons. The molecule has 40 heavy (non-hydrogen) atoms. The first-order chi connectivity index (χ1) is 18.6. The molecule has 0 aliphatic carbocycles. The molecule has 9 nitrogen and oxygen atoms in total. The maximum atomic E-state index is 12.9. The van der Waals surface area contributed by atoms with Gasteiger partial charge in [0.1, 0.15) is 5.82 Å². The molecule has 0 spiro atoms. The van der Waals surface area contributed by atoms with Crippen molar-refractivity contribution in [1.82, 2.24) is 19.9 Å². The molecule has 16 heteroatoms. The molecular weight excluding hydrogens is 555 g/mol. The molecule has 1 fully saturated rings. The van der Waals surface area contributed by atoms with Crippen molar-refractivity contribution in [1.29, 1.82) is 0 Å². The SMILES string of the molecule is NCc1cn(CC2CCCN(C/C=C/C=C/c3ccc(F)cc3)C2)nn1.O=C(O)C(F)(F)F.O=C(O)C(F)(F)F. The number of alkyl halides is 6. The van der Waals surface area contributed by atoms with Crippen LogP contribution < -0.4 is 5.73 Å². The van der Waals surface area contributed by atoms with Crippen LogP contribution in [0.4, 0.5) is 30.7 Å². The Balaban J connectivity index is 0.000000473. The zero-order valence-electron chi connectivity index (χ0n) is 20.9. The minimum atomic E-state index is -5.08. The average Bonchev–Trinajstić information content (AvgIpc) is 3.32. The molecule has 1 aliphatic heterocycles. The fourth-order valence-electron chi connectivity index (χ4n) is 3.28. The third-order valence-electron chi connectivity index (χ3n) is 5.10. The number of carboxylic acid groups (broad SMARTS) is 2. The van der Waals surface area contributed by atoms with E-state index in [9.17, 15) is 30.7 Å². The van der Waals surface area contributed by atoms with Gasteiger partial charge in [0.25, 0.3) is 0 Å². The topological polar surface area (TPSA) is 135 Å². The summed E-state index contributed by atoms with van der Waals surface area (Å²) in [6.45, 7) is 4.48. The molecule has 1 saturated heterocycles. The van der Waals surface area contributed by atoms with E-state index in [1.54, 1.807) is 12.1 Å². The number of carbonyl (C=O) groups is 2. The summed E-state index contributed by atoms with van der Waals surface area (Å²) in [6.07, 6.45) is 2.42. The van der Waals surface area contributed by atoms with E-state index in [0.717, 1.165) is 37.4 Å². The van der Waals surface area contributed by atoms with Crippen molar-refractivity contribution in [3.63, 3.8) is 0 Å². The molecule has 1 aliphatic rings. The second kappa shape index (κ2) is 16.3. The molecule has 1 atom stereocenters. The van der Waals surface area contributed by atoms with Crippen molar-refractivity contribution in [2.24, 2.45) is 11.7 Å². The minimum Gasteiger partial charge on any atom is -0.475 e. The van der Waals surface area contributed by atoms with Gasteiger partial charge in [0, 0.05) is 32.4 Å². The van der Waals surface area contributed by atoms with E-state index in [0.29, 0.717) is 12.5 Å². The van der Waals surface area contributed by atoms with E-state index < -0.39 is 24.3 Å². The second-order valence-electron chi connectivity index (χ2n) is 8.35. The molecule has 2 aromatic rings. The third-order valence-corrected chi connectivity index (χ3v) is 5.10. The Hall–Kier alpha value is -3.79. The first-order valence-electron chi connectivity index (χ1n) is 11.6. The van der Waals surface area contributed by atoms with Crippen LogP contribution in [0.25, 0.3) is 6.08 Å². The number of likely N-dealkylation sites (tertiary alicyclic amines) is 1. The number of nitrogens with zero attached hydrogens (tertiary/aromatic N) is 4. The molecule has 2 heterocycles. The maximum Gasteiger partial charge on any atom is 0.490 e. The fourth-order valence-corrected chi connectivity index (χ4v) is 3.28. The Morgan fingerprint density at radius 3 is 2.10 bits per heavy atom. The van der Waals surface area contributed by atoms with E-state index in [1.807, 2.05) is 23.0 Å². The largest absolute Gasteiger partial charge is 0.490 e. The summed E-state index contributed by atoms with van der Waals surface area (Å²) in [5.74, 6) is -5.12. The van der Waals surface area contributed by atoms with Gasteiger partial charge in [-0.15, -0.1) is 5.10 Å². The molecule has 1 unspecified atom stereocenters. The van der Waals surface area contributed by atoms with Gasteiger partial charge in [-0.05, 0) is 43.0 Å². The molecule has 0 radical (unpaired) electrons. The van der Waals surface area contributed by atoms with Gasteiger partial charge in [-0.3, -0.25) is 9.58 Å². The molecule has 1 aromatic carbocycles. The first kappa shape index (κ1) is 34.2. The Bertz CT molecular complexity index is 1090. The number of benzene rings is 1. The van der Waals surface area contributed by atoms with Crippen LogP contribution in [-0.4, -0.2) is 74.0 Å². The van der Waals surface area contributed by atoms with Gasteiger partial charge in [0.15, 0.2) is 0 Å². The van der Waals surface area contributed by atoms with Gasteiger partial charge in [-0.2, -0.15) is 26.3 Å². The maximum absolute atomic E-state index is 12.9. The normalized spacial score (nSPS) is 16.2. The van der Waals surface area contributed by atoms with Gasteiger partial charge in [-0.25, -0.2) is 14.0 Å². The third kappa shape index (κ3) is 14.4. The Morgan fingerprint density at radius 2 is 1.60 bits per heavy atom. The first-order valence-corrected chi connectivity index (χ1v) is 11.6. The number of carboxylic acids is 2. The molecular formula is C24H28F7N5O4. The van der Waals surface area contributed by atoms with Gasteiger partial charge in [0.2, 0.25) is 0 Å². The van der Waals surface area contributed by atoms with E-state index in [1.165, 1.54) is 25.0 Å². The van der Waals surface area contributed by atoms with Crippen molar-refractivity contribution in [3.8, 4) is 0 Å². The molecule has 0 bridgehead atoms. The Labute approximate surface area is 224 Å². The van der Waals surface area contributed by atoms with Gasteiger partial charge in [-0.1, -0.05) is 41.7 Å². The molecule has 4 N–H and O–H groups in total. The standard InChI is InChI=1S/C20H26FN5.2C2HF3O2/c21-19-9-7-17(8-10-19)5-2-1-3-11-25-12-4-6-18(14-25)15-26-16-20(13-22)23-24-26;2*3-2(4,5)1(6)7/h1-3,5,7-10,16,18H,4,6,11-15,22H2;2*(H,6,7)/b3-1+,5-2+;;. The lowest BCUT2D eigenvalue weighted by atomic mass is 9.98. The lowest BCUT2D eigenvalue weighted by Crippen LogP contribution is -2.37. The van der Waals surface area contributed by atoms with Gasteiger partial charge < -0.3 is 15.9 Å². The number of rotatable bonds is 7. The van der Waals surface area contributed by atoms with E-state index in [4.69, 9.17) is 25.5 Å². The number of halogens is 7. The molecule has 3 rings (SSSR count). The summed E-state index contributed by atoms with van der Waals surface area (Å²) in [4.78, 5) is 20.3. The molecule has 0 amide bonds. The lowest BCUT2D eigenvalue weighted by Gasteiger charge is -2.31. The Kier molecular flexibility index (Phi) is 14.0. The highest BCUT2D eigenvalue weighted by Gasteiger charge is 2.38. The summed E-state index contributed by atoms with van der Waals surface area (Å²) < 4.78 is 78.3. The van der Waals surface area contributed by atoms with Gasteiger partial charge >= 0.3 is 24.3 Å². The quantitative estimate of drug-likeness (QED) is 0.327. The zero-order chi connectivity index (χ0) is 30.3. The summed E-state index contributed by atoms with van der Waals surface area (Å²) in [5, 5.41) is 22.5. The van der Waals surface area contributed by atoms with Gasteiger partial charge in [0.05, 0.1) is 5.69 Å². The van der Waals surface area contributed by atoms with Crippen molar-refractivity contribution < 1.29 is 50.5 Å². The van der Waals surface area contributed by atoms with Crippen LogP contribution in [0.2, 0.25) is 0 Å². The van der Waals surface area contributed by atoms with Crippen molar-refractivity contribution in [3.05, 3.63) is 65.8 Å². The summed E-state index contributed by atoms with van der Waals surface area (Å²) in [5.41, 5.74) is 7.43. The number of aromatic nitrogens is 3. The van der Waals surface area contributed by atoms with Crippen molar-refractivity contribution >= 4 is 18.0 Å². The number of hydrogen-bond acceptors (Lipinski definition) is 6. The minimum absolute atomic E-state index is 0.206. The highest BCUT2D eigenvalue weighted by molar-refractivity contribution is 5.73. The highest BCUT2D eigenvalue weighted by atomic mass is 19.4. The summed E-state index contributed by atoms with van der Waals surface area (Å²) in [7, 11) is 0. The van der Waals surface area contributed by atoms with Crippen LogP contribution in [0.1, 0.15) is 24.1 Å².